The minimum absolute atomic E-state index is 0.101. The van der Waals surface area contributed by atoms with E-state index in [4.69, 9.17) is 32.9 Å². The van der Waals surface area contributed by atoms with Crippen molar-refractivity contribution in [1.82, 2.24) is 9.55 Å². The Bertz CT molecular complexity index is 651. The first kappa shape index (κ1) is 15.1. The molecule has 0 radical (unpaired) electrons. The maximum absolute atomic E-state index is 6.18. The Kier molecular flexibility index (Phi) is 4.17. The van der Waals surface area contributed by atoms with Crippen LogP contribution in [-0.2, 0) is 11.2 Å². The molecule has 3 rings (SSSR count). The Labute approximate surface area is 135 Å². The minimum atomic E-state index is -0.101. The minimum Gasteiger partial charge on any atom is -0.375 e. The summed E-state index contributed by atoms with van der Waals surface area (Å²) in [4.78, 5) is 4.75. The van der Waals surface area contributed by atoms with Crippen molar-refractivity contribution >= 4 is 34.2 Å². The molecule has 1 aliphatic rings. The summed E-state index contributed by atoms with van der Waals surface area (Å²) in [5, 5.41) is 0.743. The lowest BCUT2D eigenvalue weighted by molar-refractivity contribution is -0.0688. The van der Waals surface area contributed by atoms with Crippen LogP contribution in [0, 0.1) is 0 Å². The third-order valence-corrected chi connectivity index (χ3v) is 4.50. The Balaban J connectivity index is 2.09. The van der Waals surface area contributed by atoms with Gasteiger partial charge in [0.2, 0.25) is 0 Å². The lowest BCUT2D eigenvalue weighted by Gasteiger charge is -2.37. The van der Waals surface area contributed by atoms with Gasteiger partial charge in [0.25, 0.3) is 0 Å². The van der Waals surface area contributed by atoms with E-state index in [-0.39, 0.29) is 5.60 Å². The molecule has 0 amide bonds. The molecule has 1 saturated heterocycles. The Hall–Kier alpha value is -0.770. The van der Waals surface area contributed by atoms with Crippen LogP contribution in [0.25, 0.3) is 11.0 Å². The van der Waals surface area contributed by atoms with Gasteiger partial charge in [0.1, 0.15) is 5.82 Å². The maximum atomic E-state index is 6.18. The summed E-state index contributed by atoms with van der Waals surface area (Å²) in [5.41, 5.74) is 1.99. The molecule has 1 aromatic carbocycles. The molecule has 1 atom stereocenters. The molecule has 1 aliphatic heterocycles. The quantitative estimate of drug-likeness (QED) is 0.770. The molecule has 0 saturated carbocycles. The fourth-order valence-electron chi connectivity index (χ4n) is 3.20. The summed E-state index contributed by atoms with van der Waals surface area (Å²) in [6, 6.07) is 6.26. The van der Waals surface area contributed by atoms with E-state index in [0.29, 0.717) is 11.9 Å². The Morgan fingerprint density at radius 3 is 2.95 bits per heavy atom. The smallest absolute Gasteiger partial charge is 0.111 e. The summed E-state index contributed by atoms with van der Waals surface area (Å²) >= 11 is 12.1. The maximum Gasteiger partial charge on any atom is 0.111 e. The van der Waals surface area contributed by atoms with Crippen LogP contribution in [0.3, 0.4) is 0 Å². The van der Waals surface area contributed by atoms with Gasteiger partial charge in [-0.1, -0.05) is 11.6 Å². The molecule has 2 heterocycles. The van der Waals surface area contributed by atoms with Gasteiger partial charge >= 0.3 is 0 Å². The van der Waals surface area contributed by atoms with Crippen LogP contribution in [0.4, 0.5) is 0 Å². The zero-order valence-electron chi connectivity index (χ0n) is 12.4. The van der Waals surface area contributed by atoms with Crippen LogP contribution >= 0.6 is 23.2 Å². The normalized spacial score (nSPS) is 21.8. The van der Waals surface area contributed by atoms with Crippen LogP contribution in [-0.4, -0.2) is 27.6 Å². The monoisotopic (exact) mass is 326 g/mol. The van der Waals surface area contributed by atoms with Gasteiger partial charge < -0.3 is 9.30 Å². The number of aryl methyl sites for hydroxylation is 1. The van der Waals surface area contributed by atoms with Crippen LogP contribution in [0.5, 0.6) is 0 Å². The van der Waals surface area contributed by atoms with E-state index in [1.165, 1.54) is 0 Å². The Morgan fingerprint density at radius 1 is 1.43 bits per heavy atom. The number of imidazole rings is 1. The molecule has 21 heavy (non-hydrogen) atoms. The second-order valence-electron chi connectivity index (χ2n) is 6.22. The second-order valence-corrected chi connectivity index (χ2v) is 7.04. The number of hydrogen-bond acceptors (Lipinski definition) is 2. The van der Waals surface area contributed by atoms with Crippen LogP contribution in [0.15, 0.2) is 18.2 Å². The summed E-state index contributed by atoms with van der Waals surface area (Å²) in [7, 11) is 0. The van der Waals surface area contributed by atoms with Crippen molar-refractivity contribution in [2.45, 2.75) is 44.8 Å². The third-order valence-electron chi connectivity index (χ3n) is 4.08. The van der Waals surface area contributed by atoms with Crippen LogP contribution in [0.2, 0.25) is 5.02 Å². The van der Waals surface area contributed by atoms with Gasteiger partial charge in [-0.25, -0.2) is 4.98 Å². The zero-order chi connectivity index (χ0) is 15.0. The number of ether oxygens (including phenoxy) is 1. The fourth-order valence-corrected chi connectivity index (χ4v) is 3.54. The van der Waals surface area contributed by atoms with Gasteiger partial charge in [-0.3, -0.25) is 0 Å². The molecule has 0 N–H and O–H groups in total. The molecular formula is C16H20Cl2N2O. The van der Waals surface area contributed by atoms with Crippen molar-refractivity contribution in [2.24, 2.45) is 0 Å². The van der Waals surface area contributed by atoms with E-state index in [1.807, 2.05) is 18.2 Å². The second kappa shape index (κ2) is 5.79. The van der Waals surface area contributed by atoms with E-state index < -0.39 is 0 Å². The number of benzene rings is 1. The summed E-state index contributed by atoms with van der Waals surface area (Å²) in [6.07, 6.45) is 2.74. The molecule has 5 heteroatoms. The van der Waals surface area contributed by atoms with Crippen molar-refractivity contribution in [3.63, 3.8) is 0 Å². The van der Waals surface area contributed by atoms with Gasteiger partial charge in [0.05, 0.1) is 16.6 Å². The standard InChI is InChI=1S/C16H20Cl2N2O/c1-16(2)10-12(6-8-21-16)20-14-9-11(18)3-4-13(14)19-15(20)5-7-17/h3-4,9,12H,5-8,10H2,1-2H3. The van der Waals surface area contributed by atoms with E-state index in [9.17, 15) is 0 Å². The fraction of sp³-hybridized carbons (Fsp3) is 0.562. The van der Waals surface area contributed by atoms with Crippen molar-refractivity contribution in [3.8, 4) is 0 Å². The summed E-state index contributed by atoms with van der Waals surface area (Å²) in [6.45, 7) is 5.07. The van der Waals surface area contributed by atoms with E-state index in [0.717, 1.165) is 47.7 Å². The highest BCUT2D eigenvalue weighted by molar-refractivity contribution is 6.31. The molecule has 0 aliphatic carbocycles. The van der Waals surface area contributed by atoms with E-state index in [2.05, 4.69) is 18.4 Å². The highest BCUT2D eigenvalue weighted by Gasteiger charge is 2.31. The highest BCUT2D eigenvalue weighted by atomic mass is 35.5. The average Bonchev–Trinajstić information content (AvgIpc) is 2.75. The molecule has 1 aromatic heterocycles. The molecule has 114 valence electrons. The van der Waals surface area contributed by atoms with Crippen LogP contribution < -0.4 is 0 Å². The number of rotatable bonds is 3. The molecule has 2 aromatic rings. The lowest BCUT2D eigenvalue weighted by atomic mass is 9.93. The highest BCUT2D eigenvalue weighted by Crippen LogP contribution is 2.35. The van der Waals surface area contributed by atoms with E-state index in [1.54, 1.807) is 0 Å². The van der Waals surface area contributed by atoms with Crippen molar-refractivity contribution in [3.05, 3.63) is 29.0 Å². The van der Waals surface area contributed by atoms with Gasteiger partial charge in [0.15, 0.2) is 0 Å². The largest absolute Gasteiger partial charge is 0.375 e. The predicted molar refractivity (Wildman–Crippen MR) is 87.5 cm³/mol. The zero-order valence-corrected chi connectivity index (χ0v) is 13.9. The molecule has 1 fully saturated rings. The predicted octanol–water partition coefficient (Wildman–Crippen LogP) is 4.60. The first-order valence-electron chi connectivity index (χ1n) is 7.36. The molecule has 0 spiro atoms. The number of halogens is 2. The van der Waals surface area contributed by atoms with Gasteiger partial charge in [-0.15, -0.1) is 11.6 Å². The average molecular weight is 327 g/mol. The van der Waals surface area contributed by atoms with Crippen molar-refractivity contribution in [1.29, 1.82) is 0 Å². The Morgan fingerprint density at radius 2 is 2.24 bits per heavy atom. The number of alkyl halides is 1. The lowest BCUT2D eigenvalue weighted by Crippen LogP contribution is -2.35. The van der Waals surface area contributed by atoms with Gasteiger partial charge in [0, 0.05) is 30.0 Å². The SMILES string of the molecule is CC1(C)CC(n2c(CCCl)nc3ccc(Cl)cc32)CCO1. The topological polar surface area (TPSA) is 27.1 Å². The van der Waals surface area contributed by atoms with Crippen molar-refractivity contribution < 1.29 is 4.74 Å². The molecular weight excluding hydrogens is 307 g/mol. The first-order chi connectivity index (χ1) is 10.00. The van der Waals surface area contributed by atoms with Crippen molar-refractivity contribution in [2.75, 3.05) is 12.5 Å². The van der Waals surface area contributed by atoms with Crippen LogP contribution in [0.1, 0.15) is 38.6 Å². The summed E-state index contributed by atoms with van der Waals surface area (Å²) < 4.78 is 8.17. The number of fused-ring (bicyclic) bond motifs is 1. The van der Waals surface area contributed by atoms with Gasteiger partial charge in [-0.2, -0.15) is 0 Å². The number of hydrogen-bond donors (Lipinski definition) is 0. The van der Waals surface area contributed by atoms with E-state index >= 15 is 0 Å². The number of aromatic nitrogens is 2. The molecule has 1 unspecified atom stereocenters. The summed E-state index contributed by atoms with van der Waals surface area (Å²) in [5.74, 6) is 1.62. The first-order valence-corrected chi connectivity index (χ1v) is 8.28. The number of nitrogens with zero attached hydrogens (tertiary/aromatic N) is 2. The molecule has 0 bridgehead atoms. The van der Waals surface area contributed by atoms with Gasteiger partial charge in [-0.05, 0) is 44.9 Å². The third kappa shape index (κ3) is 3.05. The molecule has 3 nitrogen and oxygen atoms in total.